The van der Waals surface area contributed by atoms with Gasteiger partial charge < -0.3 is 10.5 Å². The van der Waals surface area contributed by atoms with Crippen LogP contribution in [0.5, 0.6) is 0 Å². The molecule has 3 aromatic rings. The molecule has 0 amide bonds. The van der Waals surface area contributed by atoms with Gasteiger partial charge in [-0.15, -0.1) is 0 Å². The van der Waals surface area contributed by atoms with Gasteiger partial charge in [-0.05, 0) is 30.3 Å². The maximum Gasteiger partial charge on any atom is 0.338 e. The number of nitrogens with zero attached hydrogens (tertiary/aromatic N) is 3. The first kappa shape index (κ1) is 19.3. The summed E-state index contributed by atoms with van der Waals surface area (Å²) in [5.74, 6) is -1.86. The second-order valence-electron chi connectivity index (χ2n) is 6.01. The monoisotopic (exact) mass is 402 g/mol. The van der Waals surface area contributed by atoms with Crippen molar-refractivity contribution in [3.63, 3.8) is 0 Å². The van der Waals surface area contributed by atoms with Crippen LogP contribution < -0.4 is 17.0 Å². The number of benzene rings is 1. The third-order valence-corrected chi connectivity index (χ3v) is 4.42. The SMILES string of the molecule is Cn1c(N)c(C(=O)COC(=O)c2ccc3nc(Cl)ccc3c2)c(=O)n(C)c1=O. The molecule has 0 aliphatic carbocycles. The van der Waals surface area contributed by atoms with Gasteiger partial charge in [0.05, 0.1) is 11.1 Å². The summed E-state index contributed by atoms with van der Waals surface area (Å²) in [5, 5.41) is 0.992. The maximum atomic E-state index is 12.4. The summed E-state index contributed by atoms with van der Waals surface area (Å²) in [5.41, 5.74) is 4.59. The number of carbonyl (C=O) groups excluding carboxylic acids is 2. The van der Waals surface area contributed by atoms with Gasteiger partial charge in [-0.1, -0.05) is 11.6 Å². The van der Waals surface area contributed by atoms with Crippen LogP contribution in [0.25, 0.3) is 10.9 Å². The minimum absolute atomic E-state index is 0.200. The van der Waals surface area contributed by atoms with E-state index in [1.807, 2.05) is 0 Å². The number of Topliss-reactive ketones (excluding diaryl/α,β-unsaturated/α-hetero) is 1. The van der Waals surface area contributed by atoms with Gasteiger partial charge in [0.25, 0.3) is 5.56 Å². The molecular weight excluding hydrogens is 388 g/mol. The first-order valence-corrected chi connectivity index (χ1v) is 8.40. The second kappa shape index (κ2) is 7.28. The molecule has 0 bridgehead atoms. The Kier molecular flexibility index (Phi) is 5.02. The number of ketones is 1. The Morgan fingerprint density at radius 1 is 1.14 bits per heavy atom. The van der Waals surface area contributed by atoms with Crippen molar-refractivity contribution in [1.29, 1.82) is 0 Å². The molecule has 0 radical (unpaired) electrons. The molecule has 0 unspecified atom stereocenters. The highest BCUT2D eigenvalue weighted by Gasteiger charge is 2.21. The molecule has 0 saturated carbocycles. The Hall–Kier alpha value is -3.46. The molecule has 3 rings (SSSR count). The number of halogens is 1. The molecule has 2 heterocycles. The van der Waals surface area contributed by atoms with E-state index in [0.717, 1.165) is 9.13 Å². The molecule has 2 aromatic heterocycles. The summed E-state index contributed by atoms with van der Waals surface area (Å²) in [4.78, 5) is 52.7. The topological polar surface area (TPSA) is 126 Å². The first-order chi connectivity index (χ1) is 13.2. The normalized spacial score (nSPS) is 10.8. The lowest BCUT2D eigenvalue weighted by Gasteiger charge is -2.11. The van der Waals surface area contributed by atoms with E-state index in [-0.39, 0.29) is 11.4 Å². The predicted molar refractivity (Wildman–Crippen MR) is 103 cm³/mol. The van der Waals surface area contributed by atoms with Crippen LogP contribution >= 0.6 is 11.6 Å². The van der Waals surface area contributed by atoms with E-state index in [4.69, 9.17) is 22.1 Å². The minimum Gasteiger partial charge on any atom is -0.454 e. The van der Waals surface area contributed by atoms with E-state index < -0.39 is 35.2 Å². The van der Waals surface area contributed by atoms with E-state index in [0.29, 0.717) is 16.1 Å². The number of anilines is 1. The molecule has 0 saturated heterocycles. The molecule has 0 aliphatic heterocycles. The fourth-order valence-electron chi connectivity index (χ4n) is 2.64. The average Bonchev–Trinajstić information content (AvgIpc) is 2.68. The summed E-state index contributed by atoms with van der Waals surface area (Å²) in [6.07, 6.45) is 0. The lowest BCUT2D eigenvalue weighted by molar-refractivity contribution is 0.0474. The lowest BCUT2D eigenvalue weighted by atomic mass is 10.1. The van der Waals surface area contributed by atoms with Crippen LogP contribution in [0.4, 0.5) is 5.82 Å². The van der Waals surface area contributed by atoms with Crippen molar-refractivity contribution < 1.29 is 14.3 Å². The van der Waals surface area contributed by atoms with E-state index in [2.05, 4.69) is 4.98 Å². The molecule has 0 fully saturated rings. The summed E-state index contributed by atoms with van der Waals surface area (Å²) < 4.78 is 6.74. The van der Waals surface area contributed by atoms with E-state index >= 15 is 0 Å². The molecule has 0 atom stereocenters. The zero-order valence-electron chi connectivity index (χ0n) is 14.9. The molecule has 2 N–H and O–H groups in total. The summed E-state index contributed by atoms with van der Waals surface area (Å²) >= 11 is 5.82. The number of rotatable bonds is 4. The highest BCUT2D eigenvalue weighted by Crippen LogP contribution is 2.17. The number of esters is 1. The smallest absolute Gasteiger partial charge is 0.338 e. The van der Waals surface area contributed by atoms with E-state index in [9.17, 15) is 19.2 Å². The fraction of sp³-hybridized carbons (Fsp3) is 0.167. The fourth-order valence-corrected chi connectivity index (χ4v) is 2.79. The largest absolute Gasteiger partial charge is 0.454 e. The van der Waals surface area contributed by atoms with Gasteiger partial charge in [0, 0.05) is 19.5 Å². The highest BCUT2D eigenvalue weighted by molar-refractivity contribution is 6.29. The van der Waals surface area contributed by atoms with Crippen molar-refractivity contribution in [2.75, 3.05) is 12.3 Å². The number of ether oxygens (including phenoxy) is 1. The molecule has 28 heavy (non-hydrogen) atoms. The van der Waals surface area contributed by atoms with E-state index in [1.165, 1.54) is 20.2 Å². The van der Waals surface area contributed by atoms with Gasteiger partial charge in [-0.25, -0.2) is 14.6 Å². The number of nitrogens with two attached hydrogens (primary N) is 1. The third kappa shape index (κ3) is 3.39. The number of hydrogen-bond acceptors (Lipinski definition) is 7. The standard InChI is InChI=1S/C18H15ClN4O5/c1-22-15(20)14(16(25)23(2)18(22)27)12(24)8-28-17(26)10-3-5-11-9(7-10)4-6-13(19)21-11/h3-7H,8,20H2,1-2H3. The summed E-state index contributed by atoms with van der Waals surface area (Å²) in [6.45, 7) is -0.701. The van der Waals surface area contributed by atoms with Crippen LogP contribution in [0.2, 0.25) is 5.15 Å². The zero-order chi connectivity index (χ0) is 20.6. The van der Waals surface area contributed by atoms with Crippen LogP contribution in [0, 0.1) is 0 Å². The number of aromatic nitrogens is 3. The average molecular weight is 403 g/mol. The second-order valence-corrected chi connectivity index (χ2v) is 6.39. The Bertz CT molecular complexity index is 1250. The quantitative estimate of drug-likeness (QED) is 0.390. The minimum atomic E-state index is -0.852. The van der Waals surface area contributed by atoms with Gasteiger partial charge in [0.2, 0.25) is 5.78 Å². The first-order valence-electron chi connectivity index (χ1n) is 8.03. The summed E-state index contributed by atoms with van der Waals surface area (Å²) in [7, 11) is 2.55. The van der Waals surface area contributed by atoms with Crippen molar-refractivity contribution in [3.8, 4) is 0 Å². The predicted octanol–water partition coefficient (Wildman–Crippen LogP) is 0.907. The molecular formula is C18H15ClN4O5. The number of carbonyl (C=O) groups is 2. The summed E-state index contributed by atoms with van der Waals surface area (Å²) in [6, 6.07) is 7.91. The molecule has 9 nitrogen and oxygen atoms in total. The lowest BCUT2D eigenvalue weighted by Crippen LogP contribution is -2.42. The number of nitrogen functional groups attached to an aromatic ring is 1. The van der Waals surface area contributed by atoms with Crippen LogP contribution in [-0.4, -0.2) is 32.5 Å². The van der Waals surface area contributed by atoms with Crippen LogP contribution in [0.3, 0.4) is 0 Å². The molecule has 0 spiro atoms. The molecule has 10 heteroatoms. The van der Waals surface area contributed by atoms with Crippen molar-refractivity contribution in [2.24, 2.45) is 14.1 Å². The Labute approximate surface area is 162 Å². The van der Waals surface area contributed by atoms with Crippen molar-refractivity contribution in [1.82, 2.24) is 14.1 Å². The van der Waals surface area contributed by atoms with Crippen LogP contribution in [-0.2, 0) is 18.8 Å². The van der Waals surface area contributed by atoms with Gasteiger partial charge in [0.1, 0.15) is 16.5 Å². The van der Waals surface area contributed by atoms with Gasteiger partial charge in [-0.2, -0.15) is 0 Å². The third-order valence-electron chi connectivity index (χ3n) is 4.21. The number of fused-ring (bicyclic) bond motifs is 1. The maximum absolute atomic E-state index is 12.4. The molecule has 144 valence electrons. The Morgan fingerprint density at radius 2 is 1.86 bits per heavy atom. The van der Waals surface area contributed by atoms with Crippen LogP contribution in [0.15, 0.2) is 39.9 Å². The number of hydrogen-bond donors (Lipinski definition) is 1. The molecule has 1 aromatic carbocycles. The highest BCUT2D eigenvalue weighted by atomic mass is 35.5. The van der Waals surface area contributed by atoms with Gasteiger partial charge in [0.15, 0.2) is 6.61 Å². The van der Waals surface area contributed by atoms with Crippen LogP contribution in [0.1, 0.15) is 20.7 Å². The van der Waals surface area contributed by atoms with Crippen molar-refractivity contribution in [2.45, 2.75) is 0 Å². The number of pyridine rings is 1. The Balaban J connectivity index is 1.82. The Morgan fingerprint density at radius 3 is 2.57 bits per heavy atom. The van der Waals surface area contributed by atoms with Crippen molar-refractivity contribution >= 4 is 40.1 Å². The zero-order valence-corrected chi connectivity index (χ0v) is 15.7. The van der Waals surface area contributed by atoms with E-state index in [1.54, 1.807) is 24.3 Å². The molecule has 0 aliphatic rings. The van der Waals surface area contributed by atoms with Crippen molar-refractivity contribution in [3.05, 3.63) is 67.4 Å². The van der Waals surface area contributed by atoms with Gasteiger partial charge in [-0.3, -0.25) is 18.7 Å². The van der Waals surface area contributed by atoms with Gasteiger partial charge >= 0.3 is 11.7 Å².